The molecule has 1 aliphatic heterocycles. The lowest BCUT2D eigenvalue weighted by atomic mass is 9.96. The van der Waals surface area contributed by atoms with Gasteiger partial charge in [-0.2, -0.15) is 0 Å². The van der Waals surface area contributed by atoms with Crippen LogP contribution in [0.2, 0.25) is 0 Å². The maximum absolute atomic E-state index is 14.1. The Bertz CT molecular complexity index is 809. The highest BCUT2D eigenvalue weighted by atomic mass is 19.1. The Hall–Kier alpha value is -2.25. The number of rotatable bonds is 6. The lowest BCUT2D eigenvalue weighted by Crippen LogP contribution is -2.35. The number of piperidine rings is 1. The Morgan fingerprint density at radius 3 is 2.96 bits per heavy atom. The average Bonchev–Trinajstić information content (AvgIpc) is 2.63. The van der Waals surface area contributed by atoms with E-state index in [4.69, 9.17) is 9.47 Å². The van der Waals surface area contributed by atoms with Crippen LogP contribution in [-0.4, -0.2) is 42.2 Å². The topological polar surface area (TPSA) is 67.5 Å². The predicted octanol–water partition coefficient (Wildman–Crippen LogP) is 2.44. The Morgan fingerprint density at radius 1 is 1.35 bits per heavy atom. The summed E-state index contributed by atoms with van der Waals surface area (Å²) in [6.07, 6.45) is 1.91. The summed E-state index contributed by atoms with van der Waals surface area (Å²) in [7, 11) is 3.15. The van der Waals surface area contributed by atoms with Gasteiger partial charge in [-0.1, -0.05) is 0 Å². The van der Waals surface area contributed by atoms with Gasteiger partial charge in [0.2, 0.25) is 0 Å². The van der Waals surface area contributed by atoms with Crippen LogP contribution >= 0.6 is 0 Å². The molecule has 1 aliphatic rings. The molecule has 3 rings (SSSR count). The second-order valence-corrected chi connectivity index (χ2v) is 6.59. The fourth-order valence-electron chi connectivity index (χ4n) is 3.41. The number of H-pyrrole nitrogens is 1. The highest BCUT2D eigenvalue weighted by molar-refractivity contribution is 5.29. The van der Waals surface area contributed by atoms with Gasteiger partial charge < -0.3 is 14.5 Å². The third kappa shape index (κ3) is 4.47. The number of aromatic amines is 1. The van der Waals surface area contributed by atoms with E-state index >= 15 is 0 Å². The highest BCUT2D eigenvalue weighted by Gasteiger charge is 2.24. The van der Waals surface area contributed by atoms with Gasteiger partial charge in [-0.3, -0.25) is 9.69 Å². The highest BCUT2D eigenvalue weighted by Crippen LogP contribution is 2.26. The molecule has 1 aromatic carbocycles. The summed E-state index contributed by atoms with van der Waals surface area (Å²) in [4.78, 5) is 21.5. The number of hydrogen-bond donors (Lipinski definition) is 1. The molecular weight excluding hydrogens is 337 g/mol. The van der Waals surface area contributed by atoms with Crippen molar-refractivity contribution < 1.29 is 13.9 Å². The summed E-state index contributed by atoms with van der Waals surface area (Å²) < 4.78 is 24.4. The summed E-state index contributed by atoms with van der Waals surface area (Å²) >= 11 is 0. The van der Waals surface area contributed by atoms with E-state index in [-0.39, 0.29) is 17.3 Å². The first-order valence-electron chi connectivity index (χ1n) is 8.73. The molecule has 1 atom stereocenters. The third-order valence-electron chi connectivity index (χ3n) is 4.64. The van der Waals surface area contributed by atoms with Crippen LogP contribution in [0.3, 0.4) is 0 Å². The zero-order chi connectivity index (χ0) is 18.5. The van der Waals surface area contributed by atoms with Gasteiger partial charge in [0, 0.05) is 37.7 Å². The van der Waals surface area contributed by atoms with Crippen LogP contribution in [0, 0.1) is 5.82 Å². The molecule has 140 valence electrons. The van der Waals surface area contributed by atoms with Crippen LogP contribution in [0.4, 0.5) is 4.39 Å². The van der Waals surface area contributed by atoms with Crippen molar-refractivity contribution in [2.24, 2.45) is 0 Å². The van der Waals surface area contributed by atoms with E-state index in [9.17, 15) is 9.18 Å². The maximum Gasteiger partial charge on any atom is 0.251 e. The summed E-state index contributed by atoms with van der Waals surface area (Å²) in [5.74, 6) is 1.21. The number of nitrogens with one attached hydrogen (secondary N) is 1. The minimum Gasteiger partial charge on any atom is -0.497 e. The van der Waals surface area contributed by atoms with Crippen molar-refractivity contribution in [1.29, 1.82) is 0 Å². The lowest BCUT2D eigenvalue weighted by Gasteiger charge is -2.32. The molecule has 2 aromatic rings. The van der Waals surface area contributed by atoms with Crippen LogP contribution in [0.5, 0.6) is 5.75 Å². The number of methoxy groups -OCH3 is 2. The van der Waals surface area contributed by atoms with Gasteiger partial charge in [0.05, 0.1) is 19.4 Å². The normalized spacial score (nSPS) is 18.0. The summed E-state index contributed by atoms with van der Waals surface area (Å²) in [5.41, 5.74) is 1.07. The molecule has 0 aliphatic carbocycles. The number of aromatic nitrogens is 2. The van der Waals surface area contributed by atoms with E-state index < -0.39 is 0 Å². The molecule has 0 bridgehead atoms. The van der Waals surface area contributed by atoms with Gasteiger partial charge in [0.15, 0.2) is 0 Å². The van der Waals surface area contributed by atoms with E-state index in [1.807, 2.05) is 0 Å². The van der Waals surface area contributed by atoms with Crippen molar-refractivity contribution in [3.05, 3.63) is 57.5 Å². The number of ether oxygens (including phenoxy) is 2. The van der Waals surface area contributed by atoms with Crippen LogP contribution in [0.25, 0.3) is 0 Å². The molecule has 1 aromatic heterocycles. The number of hydrogen-bond acceptors (Lipinski definition) is 5. The molecular formula is C19H24FN3O3. The van der Waals surface area contributed by atoms with Gasteiger partial charge in [0.25, 0.3) is 5.56 Å². The third-order valence-corrected chi connectivity index (χ3v) is 4.64. The second kappa shape index (κ2) is 8.42. The van der Waals surface area contributed by atoms with E-state index in [1.54, 1.807) is 26.4 Å². The quantitative estimate of drug-likeness (QED) is 0.856. The van der Waals surface area contributed by atoms with Crippen LogP contribution in [0.1, 0.15) is 35.8 Å². The molecule has 0 spiro atoms. The van der Waals surface area contributed by atoms with E-state index in [0.717, 1.165) is 25.9 Å². The predicted molar refractivity (Wildman–Crippen MR) is 95.8 cm³/mol. The first-order valence-corrected chi connectivity index (χ1v) is 8.73. The van der Waals surface area contributed by atoms with Gasteiger partial charge in [0.1, 0.15) is 17.4 Å². The molecule has 1 N–H and O–H groups in total. The largest absolute Gasteiger partial charge is 0.497 e. The Labute approximate surface area is 152 Å². The van der Waals surface area contributed by atoms with Crippen LogP contribution in [-0.2, 0) is 17.9 Å². The maximum atomic E-state index is 14.1. The van der Waals surface area contributed by atoms with Crippen molar-refractivity contribution in [1.82, 2.24) is 14.9 Å². The zero-order valence-electron chi connectivity index (χ0n) is 15.1. The van der Waals surface area contributed by atoms with E-state index in [1.165, 1.54) is 12.1 Å². The minimum absolute atomic E-state index is 0.113. The molecule has 6 nitrogen and oxygen atoms in total. The smallest absolute Gasteiger partial charge is 0.251 e. The Kier molecular flexibility index (Phi) is 6.00. The molecule has 0 unspecified atom stereocenters. The number of benzene rings is 1. The van der Waals surface area contributed by atoms with Gasteiger partial charge in [-0.25, -0.2) is 9.37 Å². The van der Waals surface area contributed by atoms with Crippen LogP contribution < -0.4 is 10.3 Å². The summed E-state index contributed by atoms with van der Waals surface area (Å²) in [5, 5.41) is 0. The fourth-order valence-corrected chi connectivity index (χ4v) is 3.41. The Balaban J connectivity index is 1.75. The first-order chi connectivity index (χ1) is 12.6. The van der Waals surface area contributed by atoms with Gasteiger partial charge >= 0.3 is 0 Å². The number of nitrogens with zero attached hydrogens (tertiary/aromatic N) is 2. The van der Waals surface area contributed by atoms with Crippen molar-refractivity contribution in [3.8, 4) is 5.75 Å². The zero-order valence-corrected chi connectivity index (χ0v) is 15.1. The van der Waals surface area contributed by atoms with Crippen molar-refractivity contribution >= 4 is 0 Å². The second-order valence-electron chi connectivity index (χ2n) is 6.59. The van der Waals surface area contributed by atoms with E-state index in [2.05, 4.69) is 14.9 Å². The van der Waals surface area contributed by atoms with Crippen molar-refractivity contribution in [3.63, 3.8) is 0 Å². The lowest BCUT2D eigenvalue weighted by molar-refractivity contribution is 0.178. The molecule has 1 fully saturated rings. The SMILES string of the molecule is COCc1cc(=O)[nH]c([C@@H]2CCCN(Cc3cc(OC)ccc3F)C2)n1. The summed E-state index contributed by atoms with van der Waals surface area (Å²) in [6, 6.07) is 6.24. The summed E-state index contributed by atoms with van der Waals surface area (Å²) in [6.45, 7) is 2.41. The van der Waals surface area contributed by atoms with Gasteiger partial charge in [-0.05, 0) is 37.6 Å². The van der Waals surface area contributed by atoms with Gasteiger partial charge in [-0.15, -0.1) is 0 Å². The van der Waals surface area contributed by atoms with Crippen molar-refractivity contribution in [2.75, 3.05) is 27.3 Å². The fraction of sp³-hybridized carbons (Fsp3) is 0.474. The monoisotopic (exact) mass is 361 g/mol. The first kappa shape index (κ1) is 18.5. The number of likely N-dealkylation sites (tertiary alicyclic amines) is 1. The van der Waals surface area contributed by atoms with E-state index in [0.29, 0.717) is 36.0 Å². The molecule has 0 amide bonds. The molecule has 7 heteroatoms. The molecule has 26 heavy (non-hydrogen) atoms. The number of halogens is 1. The molecule has 1 saturated heterocycles. The van der Waals surface area contributed by atoms with Crippen LogP contribution in [0.15, 0.2) is 29.1 Å². The average molecular weight is 361 g/mol. The molecule has 0 radical (unpaired) electrons. The Morgan fingerprint density at radius 2 is 2.19 bits per heavy atom. The standard InChI is InChI=1S/C19H24FN3O3/c1-25-12-15-9-18(24)22-19(21-15)13-4-3-7-23(10-13)11-14-8-16(26-2)5-6-17(14)20/h5-6,8-9,13H,3-4,7,10-12H2,1-2H3,(H,21,22,24)/t13-/m1/s1. The van der Waals surface area contributed by atoms with Crippen molar-refractivity contribution in [2.45, 2.75) is 31.9 Å². The molecule has 2 heterocycles. The minimum atomic E-state index is -0.235. The molecule has 0 saturated carbocycles.